The van der Waals surface area contributed by atoms with Crippen molar-refractivity contribution in [1.29, 1.82) is 0 Å². The molecule has 11 heteroatoms. The summed E-state index contributed by atoms with van der Waals surface area (Å²) in [7, 11) is 0. The Kier molecular flexibility index (Phi) is 9.72. The zero-order chi connectivity index (χ0) is 33.7. The number of benzene rings is 1. The first-order valence-corrected chi connectivity index (χ1v) is 17.0. The minimum atomic E-state index is -0.303. The SMILES string of the molecule is Cc1ccc(-c2cn(CC3CCOCC3)cc(C(=O)Cc3ccc(-c4cc(-c5cnn(CC6CCOCC6)c5)cnc4N)nn3)c2=O)cc1. The third-order valence-corrected chi connectivity index (χ3v) is 9.56. The van der Waals surface area contributed by atoms with E-state index in [2.05, 4.69) is 20.3 Å². The molecule has 0 amide bonds. The van der Waals surface area contributed by atoms with Crippen molar-refractivity contribution in [2.45, 2.75) is 52.1 Å². The number of hydrogen-bond acceptors (Lipinski definition) is 9. The molecule has 4 aromatic heterocycles. The summed E-state index contributed by atoms with van der Waals surface area (Å²) < 4.78 is 15.0. The van der Waals surface area contributed by atoms with E-state index in [-0.39, 0.29) is 23.2 Å². The van der Waals surface area contributed by atoms with Crippen molar-refractivity contribution in [3.05, 3.63) is 100 Å². The summed E-state index contributed by atoms with van der Waals surface area (Å²) in [6.07, 6.45) is 13.1. The van der Waals surface area contributed by atoms with Gasteiger partial charge in [-0.25, -0.2) is 4.98 Å². The molecule has 0 radical (unpaired) electrons. The number of nitrogens with zero attached hydrogens (tertiary/aromatic N) is 6. The van der Waals surface area contributed by atoms with Gasteiger partial charge in [-0.05, 0) is 68.2 Å². The van der Waals surface area contributed by atoms with Gasteiger partial charge in [-0.15, -0.1) is 0 Å². The lowest BCUT2D eigenvalue weighted by Crippen LogP contribution is -2.25. The van der Waals surface area contributed by atoms with Crippen molar-refractivity contribution in [3.63, 3.8) is 0 Å². The number of aromatic nitrogens is 6. The van der Waals surface area contributed by atoms with Gasteiger partial charge in [0, 0.05) is 86.6 Å². The third kappa shape index (κ3) is 7.68. The van der Waals surface area contributed by atoms with Crippen molar-refractivity contribution < 1.29 is 14.3 Å². The highest BCUT2D eigenvalue weighted by Crippen LogP contribution is 2.29. The van der Waals surface area contributed by atoms with Crippen LogP contribution in [0.2, 0.25) is 0 Å². The second kappa shape index (κ2) is 14.6. The number of anilines is 1. The number of nitrogens with two attached hydrogens (primary N) is 1. The molecule has 2 saturated heterocycles. The molecule has 2 fully saturated rings. The maximum atomic E-state index is 13.7. The second-order valence-electron chi connectivity index (χ2n) is 13.2. The molecule has 0 unspecified atom stereocenters. The van der Waals surface area contributed by atoms with E-state index in [1.54, 1.807) is 24.5 Å². The predicted octanol–water partition coefficient (Wildman–Crippen LogP) is 5.40. The summed E-state index contributed by atoms with van der Waals surface area (Å²) in [5.74, 6) is 0.992. The molecule has 7 rings (SSSR count). The molecule has 2 N–H and O–H groups in total. The number of ketones is 1. The smallest absolute Gasteiger partial charge is 0.200 e. The average Bonchev–Trinajstić information content (AvgIpc) is 3.59. The summed E-state index contributed by atoms with van der Waals surface area (Å²) in [5, 5.41) is 13.4. The van der Waals surface area contributed by atoms with Crippen LogP contribution in [0.4, 0.5) is 5.82 Å². The molecular formula is C38H41N7O4. The molecule has 252 valence electrons. The molecule has 0 spiro atoms. The van der Waals surface area contributed by atoms with Crippen LogP contribution in [0.3, 0.4) is 0 Å². The maximum absolute atomic E-state index is 13.7. The highest BCUT2D eigenvalue weighted by Gasteiger charge is 2.21. The third-order valence-electron chi connectivity index (χ3n) is 9.56. The molecule has 0 saturated carbocycles. The van der Waals surface area contributed by atoms with Gasteiger partial charge in [-0.2, -0.15) is 15.3 Å². The molecular weight excluding hydrogens is 618 g/mol. The lowest BCUT2D eigenvalue weighted by molar-refractivity contribution is 0.0601. The molecule has 6 heterocycles. The Morgan fingerprint density at radius 3 is 2.22 bits per heavy atom. The van der Waals surface area contributed by atoms with Crippen LogP contribution in [0, 0.1) is 18.8 Å². The Balaban J connectivity index is 1.10. The van der Waals surface area contributed by atoms with Gasteiger partial charge in [0.2, 0.25) is 0 Å². The highest BCUT2D eigenvalue weighted by atomic mass is 16.5. The van der Waals surface area contributed by atoms with E-state index in [0.29, 0.717) is 46.7 Å². The molecule has 5 aromatic rings. The van der Waals surface area contributed by atoms with Gasteiger partial charge in [0.15, 0.2) is 11.2 Å². The molecule has 0 bridgehead atoms. The van der Waals surface area contributed by atoms with Gasteiger partial charge >= 0.3 is 0 Å². The second-order valence-corrected chi connectivity index (χ2v) is 13.2. The molecule has 2 aliphatic heterocycles. The van der Waals surface area contributed by atoms with Crippen LogP contribution in [-0.2, 0) is 29.0 Å². The Hall–Kier alpha value is -5.00. The van der Waals surface area contributed by atoms with E-state index in [9.17, 15) is 9.59 Å². The maximum Gasteiger partial charge on any atom is 0.200 e. The average molecular weight is 660 g/mol. The van der Waals surface area contributed by atoms with Crippen molar-refractivity contribution in [2.75, 3.05) is 32.2 Å². The van der Waals surface area contributed by atoms with E-state index in [1.807, 2.05) is 65.1 Å². The Morgan fingerprint density at radius 1 is 0.816 bits per heavy atom. The van der Waals surface area contributed by atoms with Crippen LogP contribution in [0.5, 0.6) is 0 Å². The van der Waals surface area contributed by atoms with Crippen LogP contribution in [0.15, 0.2) is 78.2 Å². The van der Waals surface area contributed by atoms with Crippen LogP contribution in [0.25, 0.3) is 33.5 Å². The normalized spacial score (nSPS) is 15.8. The molecule has 0 atom stereocenters. The minimum absolute atomic E-state index is 0.0583. The summed E-state index contributed by atoms with van der Waals surface area (Å²) in [5.41, 5.74) is 12.0. The molecule has 2 aliphatic rings. The Bertz CT molecular complexity index is 1970. The van der Waals surface area contributed by atoms with Gasteiger partial charge in [0.05, 0.1) is 29.6 Å². The van der Waals surface area contributed by atoms with Gasteiger partial charge in [-0.3, -0.25) is 14.3 Å². The van der Waals surface area contributed by atoms with Gasteiger partial charge in [0.1, 0.15) is 5.82 Å². The fraction of sp³-hybridized carbons (Fsp3) is 0.368. The quantitative estimate of drug-likeness (QED) is 0.195. The van der Waals surface area contributed by atoms with Gasteiger partial charge in [-0.1, -0.05) is 29.8 Å². The van der Waals surface area contributed by atoms with Gasteiger partial charge in [0.25, 0.3) is 0 Å². The topological polar surface area (TPSA) is 140 Å². The van der Waals surface area contributed by atoms with Crippen LogP contribution < -0.4 is 11.2 Å². The number of aryl methyl sites for hydroxylation is 1. The molecule has 11 nitrogen and oxygen atoms in total. The standard InChI is InChI=1S/C38H41N7O4/c1-25-2-4-28(5-3-25)33-23-44(20-26-8-12-48-13-9-26)24-34(37(33)47)36(46)17-31-6-7-35(43-42-31)32-16-29(18-40-38(32)39)30-19-41-45(22-30)21-27-10-14-49-15-11-27/h2-7,16,18-19,22-24,26-27H,8-15,17,20-21H2,1H3,(H2,39,40). The number of ether oxygens (including phenoxy) is 2. The minimum Gasteiger partial charge on any atom is -0.383 e. The van der Waals surface area contributed by atoms with E-state index < -0.39 is 0 Å². The molecule has 1 aromatic carbocycles. The number of rotatable bonds is 10. The zero-order valence-corrected chi connectivity index (χ0v) is 27.8. The number of pyridine rings is 2. The van der Waals surface area contributed by atoms with Crippen LogP contribution in [-0.4, -0.2) is 61.7 Å². The van der Waals surface area contributed by atoms with Crippen LogP contribution >= 0.6 is 0 Å². The van der Waals surface area contributed by atoms with E-state index in [0.717, 1.165) is 80.9 Å². The van der Waals surface area contributed by atoms with Gasteiger partial charge < -0.3 is 19.8 Å². The fourth-order valence-corrected chi connectivity index (χ4v) is 6.60. The predicted molar refractivity (Wildman–Crippen MR) is 187 cm³/mol. The first-order valence-electron chi connectivity index (χ1n) is 17.0. The summed E-state index contributed by atoms with van der Waals surface area (Å²) in [6.45, 7) is 6.62. The number of carbonyl (C=O) groups is 1. The van der Waals surface area contributed by atoms with E-state index in [4.69, 9.17) is 15.2 Å². The Labute approximate surface area is 285 Å². The fourth-order valence-electron chi connectivity index (χ4n) is 6.60. The zero-order valence-electron chi connectivity index (χ0n) is 27.8. The van der Waals surface area contributed by atoms with Crippen molar-refractivity contribution in [2.24, 2.45) is 11.8 Å². The van der Waals surface area contributed by atoms with Crippen LogP contribution in [0.1, 0.15) is 47.3 Å². The number of carbonyl (C=O) groups excluding carboxylic acids is 1. The summed E-state index contributed by atoms with van der Waals surface area (Å²) >= 11 is 0. The van der Waals surface area contributed by atoms with Crippen molar-refractivity contribution in [3.8, 4) is 33.5 Å². The number of nitrogen functional groups attached to an aromatic ring is 1. The molecule has 49 heavy (non-hydrogen) atoms. The first-order chi connectivity index (χ1) is 23.9. The monoisotopic (exact) mass is 659 g/mol. The largest absolute Gasteiger partial charge is 0.383 e. The lowest BCUT2D eigenvalue weighted by Gasteiger charge is -2.23. The van der Waals surface area contributed by atoms with Crippen molar-refractivity contribution >= 4 is 11.6 Å². The van der Waals surface area contributed by atoms with Crippen molar-refractivity contribution in [1.82, 2.24) is 29.5 Å². The molecule has 0 aliphatic carbocycles. The summed E-state index contributed by atoms with van der Waals surface area (Å²) in [6, 6.07) is 13.3. The summed E-state index contributed by atoms with van der Waals surface area (Å²) in [4.78, 5) is 31.9. The van der Waals surface area contributed by atoms with E-state index in [1.165, 1.54) is 0 Å². The Morgan fingerprint density at radius 2 is 1.53 bits per heavy atom. The highest BCUT2D eigenvalue weighted by molar-refractivity contribution is 5.98. The number of Topliss-reactive ketones (excluding diaryl/α,β-unsaturated/α-hetero) is 1. The lowest BCUT2D eigenvalue weighted by atomic mass is 9.98. The number of hydrogen-bond donors (Lipinski definition) is 1. The first kappa shape index (κ1) is 32.5. The van der Waals surface area contributed by atoms with E-state index >= 15 is 0 Å².